The van der Waals surface area contributed by atoms with E-state index in [-0.39, 0.29) is 5.41 Å². The highest BCUT2D eigenvalue weighted by atomic mass is 16.2. The number of rotatable bonds is 3. The van der Waals surface area contributed by atoms with Crippen LogP contribution >= 0.6 is 0 Å². The second kappa shape index (κ2) is 5.20. The molecule has 3 heteroatoms. The molecule has 1 heterocycles. The monoisotopic (exact) mass is 252 g/mol. The highest BCUT2D eigenvalue weighted by Crippen LogP contribution is 2.41. The number of hydrogen-bond donors (Lipinski definition) is 1. The van der Waals surface area contributed by atoms with Crippen LogP contribution in [0.5, 0.6) is 0 Å². The molecular weight excluding hydrogens is 224 g/mol. The van der Waals surface area contributed by atoms with Crippen LogP contribution in [0, 0.1) is 10.8 Å². The summed E-state index contributed by atoms with van der Waals surface area (Å²) in [6.07, 6.45) is 7.86. The van der Waals surface area contributed by atoms with Crippen LogP contribution in [0.4, 0.5) is 0 Å². The van der Waals surface area contributed by atoms with Crippen molar-refractivity contribution in [3.05, 3.63) is 0 Å². The van der Waals surface area contributed by atoms with Gasteiger partial charge in [-0.25, -0.2) is 0 Å². The Labute approximate surface area is 111 Å². The Morgan fingerprint density at radius 3 is 2.17 bits per heavy atom. The van der Waals surface area contributed by atoms with Crippen LogP contribution in [0.15, 0.2) is 0 Å². The summed E-state index contributed by atoms with van der Waals surface area (Å²) in [4.78, 5) is 14.8. The van der Waals surface area contributed by atoms with Gasteiger partial charge < -0.3 is 10.6 Å². The first-order valence-corrected chi connectivity index (χ1v) is 7.55. The summed E-state index contributed by atoms with van der Waals surface area (Å²) in [6.45, 7) is 7.02. The summed E-state index contributed by atoms with van der Waals surface area (Å²) < 4.78 is 0. The standard InChI is InChI=1S/C15H28N2O/c1-3-14(2)8-10-17(11-9-14)13(18)15(12-16)6-4-5-7-15/h3-12,16H2,1-2H3. The number of nitrogens with two attached hydrogens (primary N) is 1. The molecule has 18 heavy (non-hydrogen) atoms. The van der Waals surface area contributed by atoms with Gasteiger partial charge in [-0.15, -0.1) is 0 Å². The molecule has 3 nitrogen and oxygen atoms in total. The van der Waals surface area contributed by atoms with Crippen molar-refractivity contribution >= 4 is 5.91 Å². The number of amides is 1. The van der Waals surface area contributed by atoms with Crippen LogP contribution in [0.25, 0.3) is 0 Å². The largest absolute Gasteiger partial charge is 0.342 e. The Hall–Kier alpha value is -0.570. The van der Waals surface area contributed by atoms with Crippen LogP contribution in [0.3, 0.4) is 0 Å². The zero-order valence-corrected chi connectivity index (χ0v) is 12.0. The van der Waals surface area contributed by atoms with Crippen LogP contribution in [0.1, 0.15) is 58.8 Å². The van der Waals surface area contributed by atoms with Gasteiger partial charge in [-0.2, -0.15) is 0 Å². The normalized spacial score (nSPS) is 26.3. The molecule has 2 aliphatic rings. The molecule has 0 aromatic carbocycles. The summed E-state index contributed by atoms with van der Waals surface area (Å²) >= 11 is 0. The first-order chi connectivity index (χ1) is 8.55. The molecule has 1 aliphatic heterocycles. The topological polar surface area (TPSA) is 46.3 Å². The molecule has 1 amide bonds. The molecular formula is C15H28N2O. The van der Waals surface area contributed by atoms with Crippen molar-refractivity contribution in [1.82, 2.24) is 4.90 Å². The number of likely N-dealkylation sites (tertiary alicyclic amines) is 1. The van der Waals surface area contributed by atoms with Crippen LogP contribution in [-0.4, -0.2) is 30.4 Å². The fourth-order valence-corrected chi connectivity index (χ4v) is 3.50. The molecule has 1 aliphatic carbocycles. The van der Waals surface area contributed by atoms with Crippen molar-refractivity contribution in [2.45, 2.75) is 58.8 Å². The average Bonchev–Trinajstić information content (AvgIpc) is 2.89. The fourth-order valence-electron chi connectivity index (χ4n) is 3.50. The third-order valence-electron chi connectivity index (χ3n) is 5.52. The first-order valence-electron chi connectivity index (χ1n) is 7.55. The Morgan fingerprint density at radius 1 is 1.17 bits per heavy atom. The Kier molecular flexibility index (Phi) is 4.00. The number of nitrogens with zero attached hydrogens (tertiary/aromatic N) is 1. The molecule has 0 spiro atoms. The second-order valence-corrected chi connectivity index (χ2v) is 6.65. The zero-order valence-electron chi connectivity index (χ0n) is 12.0. The van der Waals surface area contributed by atoms with Crippen molar-refractivity contribution < 1.29 is 4.79 Å². The summed E-state index contributed by atoms with van der Waals surface area (Å²) in [6, 6.07) is 0. The predicted molar refractivity (Wildman–Crippen MR) is 74.2 cm³/mol. The maximum absolute atomic E-state index is 12.7. The molecule has 1 saturated carbocycles. The van der Waals surface area contributed by atoms with E-state index in [2.05, 4.69) is 18.7 Å². The third kappa shape index (κ3) is 2.42. The van der Waals surface area contributed by atoms with E-state index in [9.17, 15) is 4.79 Å². The van der Waals surface area contributed by atoms with Gasteiger partial charge in [0.25, 0.3) is 0 Å². The lowest BCUT2D eigenvalue weighted by Gasteiger charge is -2.42. The van der Waals surface area contributed by atoms with E-state index >= 15 is 0 Å². The van der Waals surface area contributed by atoms with E-state index in [1.165, 1.54) is 19.3 Å². The van der Waals surface area contributed by atoms with E-state index in [0.29, 0.717) is 17.9 Å². The first kappa shape index (κ1) is 13.9. The van der Waals surface area contributed by atoms with Gasteiger partial charge in [0.2, 0.25) is 5.91 Å². The Morgan fingerprint density at radius 2 is 1.72 bits per heavy atom. The van der Waals surface area contributed by atoms with Gasteiger partial charge >= 0.3 is 0 Å². The highest BCUT2D eigenvalue weighted by molar-refractivity contribution is 5.83. The molecule has 0 atom stereocenters. The minimum atomic E-state index is -0.208. The maximum Gasteiger partial charge on any atom is 0.230 e. The number of hydrogen-bond acceptors (Lipinski definition) is 2. The minimum Gasteiger partial charge on any atom is -0.342 e. The van der Waals surface area contributed by atoms with Crippen LogP contribution in [0.2, 0.25) is 0 Å². The maximum atomic E-state index is 12.7. The summed E-state index contributed by atoms with van der Waals surface area (Å²) in [5, 5.41) is 0. The predicted octanol–water partition coefficient (Wildman–Crippen LogP) is 2.54. The van der Waals surface area contributed by atoms with Crippen molar-refractivity contribution in [3.8, 4) is 0 Å². The lowest BCUT2D eigenvalue weighted by Crippen LogP contribution is -2.50. The lowest BCUT2D eigenvalue weighted by molar-refractivity contribution is -0.143. The van der Waals surface area contributed by atoms with Crippen molar-refractivity contribution in [3.63, 3.8) is 0 Å². The SMILES string of the molecule is CCC1(C)CCN(C(=O)C2(CN)CCCC2)CC1. The minimum absolute atomic E-state index is 0.208. The molecule has 0 aromatic rings. The summed E-state index contributed by atoms with van der Waals surface area (Å²) in [5.74, 6) is 0.348. The van der Waals surface area contributed by atoms with E-state index in [4.69, 9.17) is 5.73 Å². The molecule has 2 fully saturated rings. The summed E-state index contributed by atoms with van der Waals surface area (Å²) in [7, 11) is 0. The van der Waals surface area contributed by atoms with Crippen molar-refractivity contribution in [2.24, 2.45) is 16.6 Å². The lowest BCUT2D eigenvalue weighted by atomic mass is 9.77. The van der Waals surface area contributed by atoms with Gasteiger partial charge in [0.05, 0.1) is 5.41 Å². The number of carbonyl (C=O) groups is 1. The zero-order chi connectivity index (χ0) is 13.2. The van der Waals surface area contributed by atoms with E-state index in [1.807, 2.05) is 0 Å². The smallest absolute Gasteiger partial charge is 0.230 e. The van der Waals surface area contributed by atoms with Gasteiger partial charge in [-0.3, -0.25) is 4.79 Å². The average molecular weight is 252 g/mol. The molecule has 104 valence electrons. The van der Waals surface area contributed by atoms with E-state index in [0.717, 1.165) is 38.8 Å². The van der Waals surface area contributed by atoms with Crippen LogP contribution in [-0.2, 0) is 4.79 Å². The number of piperidine rings is 1. The van der Waals surface area contributed by atoms with Crippen molar-refractivity contribution in [2.75, 3.05) is 19.6 Å². The van der Waals surface area contributed by atoms with Gasteiger partial charge in [0.1, 0.15) is 0 Å². The van der Waals surface area contributed by atoms with Crippen molar-refractivity contribution in [1.29, 1.82) is 0 Å². The second-order valence-electron chi connectivity index (χ2n) is 6.65. The van der Waals surface area contributed by atoms with Gasteiger partial charge in [0, 0.05) is 19.6 Å². The highest BCUT2D eigenvalue weighted by Gasteiger charge is 2.43. The number of carbonyl (C=O) groups excluding carboxylic acids is 1. The molecule has 0 bridgehead atoms. The van der Waals surface area contributed by atoms with E-state index in [1.54, 1.807) is 0 Å². The molecule has 1 saturated heterocycles. The summed E-state index contributed by atoms with van der Waals surface area (Å²) in [5.41, 5.74) is 6.15. The van der Waals surface area contributed by atoms with Gasteiger partial charge in [0.15, 0.2) is 0 Å². The molecule has 0 unspecified atom stereocenters. The Balaban J connectivity index is 1.99. The Bertz CT molecular complexity index is 300. The quantitative estimate of drug-likeness (QED) is 0.839. The van der Waals surface area contributed by atoms with Crippen LogP contribution < -0.4 is 5.73 Å². The van der Waals surface area contributed by atoms with Gasteiger partial charge in [-0.05, 0) is 31.1 Å². The molecule has 2 N–H and O–H groups in total. The third-order valence-corrected chi connectivity index (χ3v) is 5.52. The van der Waals surface area contributed by atoms with Gasteiger partial charge in [-0.1, -0.05) is 33.1 Å². The molecule has 2 rings (SSSR count). The fraction of sp³-hybridized carbons (Fsp3) is 0.933. The molecule has 0 radical (unpaired) electrons. The van der Waals surface area contributed by atoms with E-state index < -0.39 is 0 Å². The molecule has 0 aromatic heterocycles.